The predicted octanol–water partition coefficient (Wildman–Crippen LogP) is 1.15. The Morgan fingerprint density at radius 3 is 2.25 bits per heavy atom. The second-order valence-corrected chi connectivity index (χ2v) is 2.62. The van der Waals surface area contributed by atoms with Gasteiger partial charge in [0, 0.05) is 5.56 Å². The van der Waals surface area contributed by atoms with Crippen LogP contribution < -0.4 is 0 Å². The average molecular weight is 168 g/mol. The average Bonchev–Trinajstić information content (AvgIpc) is 2.08. The Morgan fingerprint density at radius 1 is 1.17 bits per heavy atom. The SMILES string of the molecule is CCc1cc(O)cc(CO)c1O. The fraction of sp³-hybridized carbons (Fsp3) is 0.333. The Morgan fingerprint density at radius 2 is 1.75 bits per heavy atom. The van der Waals surface area contributed by atoms with Gasteiger partial charge in [0.15, 0.2) is 0 Å². The van der Waals surface area contributed by atoms with E-state index >= 15 is 0 Å². The van der Waals surface area contributed by atoms with Crippen molar-refractivity contribution < 1.29 is 15.3 Å². The van der Waals surface area contributed by atoms with Crippen molar-refractivity contribution in [1.82, 2.24) is 0 Å². The Hall–Kier alpha value is -1.22. The number of phenols is 2. The van der Waals surface area contributed by atoms with Crippen LogP contribution in [0.5, 0.6) is 11.5 Å². The Balaban J connectivity index is 3.22. The van der Waals surface area contributed by atoms with Crippen molar-refractivity contribution in [1.29, 1.82) is 0 Å². The molecule has 1 aromatic carbocycles. The predicted molar refractivity (Wildman–Crippen MR) is 45.1 cm³/mol. The largest absolute Gasteiger partial charge is 0.508 e. The zero-order chi connectivity index (χ0) is 9.14. The van der Waals surface area contributed by atoms with E-state index in [2.05, 4.69) is 0 Å². The number of rotatable bonds is 2. The fourth-order valence-corrected chi connectivity index (χ4v) is 1.13. The summed E-state index contributed by atoms with van der Waals surface area (Å²) in [6, 6.07) is 2.85. The van der Waals surface area contributed by atoms with E-state index in [4.69, 9.17) is 10.2 Å². The summed E-state index contributed by atoms with van der Waals surface area (Å²) in [7, 11) is 0. The molecule has 0 fully saturated rings. The van der Waals surface area contributed by atoms with Crippen molar-refractivity contribution in [3.63, 3.8) is 0 Å². The maximum Gasteiger partial charge on any atom is 0.124 e. The van der Waals surface area contributed by atoms with Gasteiger partial charge in [0.25, 0.3) is 0 Å². The summed E-state index contributed by atoms with van der Waals surface area (Å²) in [5.41, 5.74) is 1.02. The number of hydrogen-bond donors (Lipinski definition) is 3. The third kappa shape index (κ3) is 1.51. The highest BCUT2D eigenvalue weighted by Crippen LogP contribution is 2.27. The lowest BCUT2D eigenvalue weighted by atomic mass is 10.1. The smallest absolute Gasteiger partial charge is 0.124 e. The van der Waals surface area contributed by atoms with E-state index in [1.54, 1.807) is 0 Å². The van der Waals surface area contributed by atoms with Crippen LogP contribution in [0.2, 0.25) is 0 Å². The highest BCUT2D eigenvalue weighted by atomic mass is 16.3. The molecule has 0 bridgehead atoms. The number of phenolic OH excluding ortho intramolecular Hbond substituents is 1. The Labute approximate surface area is 70.9 Å². The minimum atomic E-state index is -0.257. The number of aromatic hydroxyl groups is 2. The fourth-order valence-electron chi connectivity index (χ4n) is 1.13. The Bertz CT molecular complexity index is 256. The first kappa shape index (κ1) is 8.87. The lowest BCUT2D eigenvalue weighted by Crippen LogP contribution is -1.89. The van der Waals surface area contributed by atoms with Gasteiger partial charge in [-0.3, -0.25) is 0 Å². The molecule has 3 heteroatoms. The van der Waals surface area contributed by atoms with Crippen molar-refractivity contribution in [2.45, 2.75) is 20.0 Å². The molecular weight excluding hydrogens is 156 g/mol. The van der Waals surface area contributed by atoms with Crippen LogP contribution in [0.1, 0.15) is 18.1 Å². The summed E-state index contributed by atoms with van der Waals surface area (Å²) < 4.78 is 0. The first-order valence-corrected chi connectivity index (χ1v) is 3.83. The van der Waals surface area contributed by atoms with Crippen LogP contribution in [0.3, 0.4) is 0 Å². The molecule has 3 nitrogen and oxygen atoms in total. The number of hydrogen-bond acceptors (Lipinski definition) is 3. The van der Waals surface area contributed by atoms with Crippen molar-refractivity contribution in [3.8, 4) is 11.5 Å². The molecule has 0 aromatic heterocycles. The van der Waals surface area contributed by atoms with Gasteiger partial charge in [-0.15, -0.1) is 0 Å². The Kier molecular flexibility index (Phi) is 2.55. The zero-order valence-corrected chi connectivity index (χ0v) is 6.91. The molecule has 0 aliphatic heterocycles. The van der Waals surface area contributed by atoms with E-state index in [-0.39, 0.29) is 18.1 Å². The third-order valence-corrected chi connectivity index (χ3v) is 1.80. The van der Waals surface area contributed by atoms with Crippen LogP contribution in [0, 0.1) is 0 Å². The number of benzene rings is 1. The van der Waals surface area contributed by atoms with Gasteiger partial charge in [-0.1, -0.05) is 6.92 Å². The molecule has 66 valence electrons. The second kappa shape index (κ2) is 3.45. The van der Waals surface area contributed by atoms with Crippen LogP contribution in [0.25, 0.3) is 0 Å². The molecular formula is C9H12O3. The van der Waals surface area contributed by atoms with E-state index in [0.29, 0.717) is 17.5 Å². The minimum absolute atomic E-state index is 0.0775. The molecule has 0 unspecified atom stereocenters. The zero-order valence-electron chi connectivity index (χ0n) is 6.91. The highest BCUT2D eigenvalue weighted by molar-refractivity contribution is 5.45. The molecule has 1 aromatic rings. The van der Waals surface area contributed by atoms with Crippen LogP contribution >= 0.6 is 0 Å². The monoisotopic (exact) mass is 168 g/mol. The lowest BCUT2D eigenvalue weighted by Gasteiger charge is -2.06. The molecule has 12 heavy (non-hydrogen) atoms. The molecule has 0 aliphatic rings. The van der Waals surface area contributed by atoms with Crippen LogP contribution in [-0.2, 0) is 13.0 Å². The van der Waals surface area contributed by atoms with Gasteiger partial charge in [-0.25, -0.2) is 0 Å². The van der Waals surface area contributed by atoms with Gasteiger partial charge < -0.3 is 15.3 Å². The van der Waals surface area contributed by atoms with Gasteiger partial charge in [-0.2, -0.15) is 0 Å². The number of aliphatic hydroxyl groups is 1. The maximum absolute atomic E-state index is 9.44. The molecule has 1 rings (SSSR count). The molecule has 0 saturated carbocycles. The molecule has 0 atom stereocenters. The quantitative estimate of drug-likeness (QED) is 0.580. The van der Waals surface area contributed by atoms with Gasteiger partial charge in [0.05, 0.1) is 6.61 Å². The number of aliphatic hydroxyl groups excluding tert-OH is 1. The third-order valence-electron chi connectivity index (χ3n) is 1.80. The van der Waals surface area contributed by atoms with E-state index in [1.807, 2.05) is 6.92 Å². The second-order valence-electron chi connectivity index (χ2n) is 2.62. The van der Waals surface area contributed by atoms with Crippen molar-refractivity contribution in [2.75, 3.05) is 0 Å². The van der Waals surface area contributed by atoms with Crippen molar-refractivity contribution in [2.24, 2.45) is 0 Å². The summed E-state index contributed by atoms with van der Waals surface area (Å²) in [5, 5.41) is 27.4. The molecule has 0 heterocycles. The van der Waals surface area contributed by atoms with Crippen LogP contribution in [0.4, 0.5) is 0 Å². The first-order valence-electron chi connectivity index (χ1n) is 3.83. The summed E-state index contributed by atoms with van der Waals surface area (Å²) in [4.78, 5) is 0. The summed E-state index contributed by atoms with van der Waals surface area (Å²) >= 11 is 0. The van der Waals surface area contributed by atoms with E-state index in [9.17, 15) is 5.11 Å². The standard InChI is InChI=1S/C9H12O3/c1-2-6-3-8(11)4-7(5-10)9(6)12/h3-4,10-12H,2,5H2,1H3. The summed E-state index contributed by atoms with van der Waals surface area (Å²) in [6.07, 6.45) is 0.632. The summed E-state index contributed by atoms with van der Waals surface area (Å²) in [6.45, 7) is 1.61. The molecule has 0 radical (unpaired) electrons. The minimum Gasteiger partial charge on any atom is -0.508 e. The van der Waals surface area contributed by atoms with Crippen molar-refractivity contribution in [3.05, 3.63) is 23.3 Å². The molecule has 0 amide bonds. The number of aryl methyl sites for hydroxylation is 1. The molecule has 0 spiro atoms. The van der Waals surface area contributed by atoms with Crippen molar-refractivity contribution >= 4 is 0 Å². The first-order chi connectivity index (χ1) is 5.69. The lowest BCUT2D eigenvalue weighted by molar-refractivity contribution is 0.274. The molecule has 3 N–H and O–H groups in total. The van der Waals surface area contributed by atoms with Gasteiger partial charge in [-0.05, 0) is 24.1 Å². The van der Waals surface area contributed by atoms with E-state index in [1.165, 1.54) is 12.1 Å². The summed E-state index contributed by atoms with van der Waals surface area (Å²) in [5.74, 6) is 0.159. The van der Waals surface area contributed by atoms with Crippen LogP contribution in [-0.4, -0.2) is 15.3 Å². The van der Waals surface area contributed by atoms with Gasteiger partial charge in [0.2, 0.25) is 0 Å². The van der Waals surface area contributed by atoms with Crippen LogP contribution in [0.15, 0.2) is 12.1 Å². The maximum atomic E-state index is 9.44. The van der Waals surface area contributed by atoms with E-state index < -0.39 is 0 Å². The topological polar surface area (TPSA) is 60.7 Å². The highest BCUT2D eigenvalue weighted by Gasteiger charge is 2.06. The van der Waals surface area contributed by atoms with Gasteiger partial charge in [0.1, 0.15) is 11.5 Å². The van der Waals surface area contributed by atoms with Gasteiger partial charge >= 0.3 is 0 Å². The molecule has 0 saturated heterocycles. The normalized spacial score (nSPS) is 10.2. The molecule has 0 aliphatic carbocycles. The van der Waals surface area contributed by atoms with E-state index in [0.717, 1.165) is 0 Å².